The van der Waals surface area contributed by atoms with Crippen LogP contribution in [-0.2, 0) is 28.8 Å². The number of anilines is 1. The molecular formula is C42H50N8O20S. The summed E-state index contributed by atoms with van der Waals surface area (Å²) < 4.78 is 0. The monoisotopic (exact) mass is 1020 g/mol. The molecule has 0 spiro atoms. The Bertz CT molecular complexity index is 2270. The summed E-state index contributed by atoms with van der Waals surface area (Å²) in [5.41, 5.74) is -1.85. The number of hydrogen-bond acceptors (Lipinski definition) is 21. The van der Waals surface area contributed by atoms with E-state index in [-0.39, 0.29) is 11.4 Å². The maximum atomic E-state index is 13.7. The third kappa shape index (κ3) is 12.6. The number of rotatable bonds is 24. The lowest BCUT2D eigenvalue weighted by atomic mass is 9.81. The number of nitrogens with zero attached hydrogens (tertiary/aromatic N) is 8. The number of hydrogen-bond donors (Lipinski definition) is 10. The molecular weight excluding hydrogens is 969 g/mol. The second-order valence-corrected chi connectivity index (χ2v) is 16.1. The maximum absolute atomic E-state index is 13.7. The summed E-state index contributed by atoms with van der Waals surface area (Å²) >= 11 is 4.68. The van der Waals surface area contributed by atoms with Gasteiger partial charge in [0.1, 0.15) is 0 Å². The number of ketones is 6. The smallest absolute Gasteiger partial charge is 0.413 e. The van der Waals surface area contributed by atoms with Gasteiger partial charge < -0.3 is 65.8 Å². The molecule has 3 heterocycles. The van der Waals surface area contributed by atoms with Crippen LogP contribution in [0.3, 0.4) is 0 Å². The van der Waals surface area contributed by atoms with E-state index in [0.717, 1.165) is 19.6 Å². The number of allylic oxidation sites excluding steroid dienone is 3. The molecule has 0 saturated heterocycles. The first-order valence-electron chi connectivity index (χ1n) is 21.4. The third-order valence-electron chi connectivity index (χ3n) is 11.5. The Morgan fingerprint density at radius 2 is 0.859 bits per heavy atom. The van der Waals surface area contributed by atoms with Crippen LogP contribution < -0.4 is 4.90 Å². The van der Waals surface area contributed by atoms with Crippen molar-refractivity contribution in [3.05, 3.63) is 59.0 Å². The number of benzene rings is 1. The Kier molecular flexibility index (Phi) is 19.2. The second kappa shape index (κ2) is 24.5. The molecule has 0 atom stereocenters. The highest BCUT2D eigenvalue weighted by Gasteiger charge is 2.44. The van der Waals surface area contributed by atoms with E-state index < -0.39 is 217 Å². The van der Waals surface area contributed by atoms with Gasteiger partial charge >= 0.3 is 24.4 Å². The Morgan fingerprint density at radius 3 is 1.11 bits per heavy atom. The van der Waals surface area contributed by atoms with Gasteiger partial charge in [0.15, 0.2) is 17.5 Å². The number of carboxylic acid groups (broad SMARTS) is 4. The topological polar surface area (TPSA) is 408 Å². The molecule has 1 aromatic carbocycles. The highest BCUT2D eigenvalue weighted by Crippen LogP contribution is 2.39. The second-order valence-electron chi connectivity index (χ2n) is 15.9. The van der Waals surface area contributed by atoms with Crippen LogP contribution in [0.1, 0.15) is 38.5 Å². The van der Waals surface area contributed by atoms with Gasteiger partial charge in [0, 0.05) is 45.0 Å². The fourth-order valence-electron chi connectivity index (χ4n) is 8.52. The predicted molar refractivity (Wildman–Crippen MR) is 241 cm³/mol. The molecule has 0 aliphatic carbocycles. The van der Waals surface area contributed by atoms with Gasteiger partial charge in [0.05, 0.1) is 55.8 Å². The molecule has 4 amide bonds. The number of aliphatic imine (C=N–C) groups is 1. The standard InChI is InChI=1S/C42H50N8O20S/c51-17-14-44-20-26(54)29(57)32(60)35(44)47(38(63)64)11-1-8-42(50(41(69)70)25-6-4-24(5-7-25)43-23-71,9-2-12-48(39(65)66)36-33(61)30(58)27(55)21-45(36)15-18-52)10-3-13-49(40(67)68)37-34(62)31(59)28(56)22-46(37)16-19-53/h4-7,51-53,60-62H,1-3,8-22H2,(H,63,64)(H,65,66)(H,67,68)(H,69,70). The molecule has 3 aliphatic rings. The molecule has 4 rings (SSSR count). The zero-order valence-electron chi connectivity index (χ0n) is 37.6. The van der Waals surface area contributed by atoms with Gasteiger partial charge in [-0.1, -0.05) is 0 Å². The molecule has 3 aliphatic heterocycles. The highest BCUT2D eigenvalue weighted by atomic mass is 32.1. The Morgan fingerprint density at radius 1 is 0.549 bits per heavy atom. The third-order valence-corrected chi connectivity index (χ3v) is 11.6. The van der Waals surface area contributed by atoms with Gasteiger partial charge in [0.25, 0.3) is 17.3 Å². The first-order valence-corrected chi connectivity index (χ1v) is 21.8. The number of β-amino-alcohol motifs (C(OH)–C–C–N with tert-alkyl or cyclic N) is 3. The average Bonchev–Trinajstić information content (AvgIpc) is 3.30. The van der Waals surface area contributed by atoms with Gasteiger partial charge in [-0.15, -0.1) is 0 Å². The van der Waals surface area contributed by atoms with Crippen molar-refractivity contribution in [2.75, 3.05) is 83.6 Å². The summed E-state index contributed by atoms with van der Waals surface area (Å²) in [5, 5.41) is 106. The molecule has 0 bridgehead atoms. The van der Waals surface area contributed by atoms with Crippen LogP contribution in [0.4, 0.5) is 30.6 Å². The normalized spacial score (nSPS) is 15.6. The lowest BCUT2D eigenvalue weighted by molar-refractivity contribution is -0.138. The first kappa shape index (κ1) is 55.6. The molecule has 0 radical (unpaired) electrons. The van der Waals surface area contributed by atoms with E-state index in [9.17, 15) is 99.0 Å². The molecule has 1 aromatic rings. The molecule has 0 unspecified atom stereocenters. The van der Waals surface area contributed by atoms with E-state index >= 15 is 0 Å². The van der Waals surface area contributed by atoms with Crippen LogP contribution in [0.15, 0.2) is 64.0 Å². The van der Waals surface area contributed by atoms with Gasteiger partial charge in [-0.2, -0.15) is 4.99 Å². The van der Waals surface area contributed by atoms with Crippen molar-refractivity contribution in [2.24, 2.45) is 4.99 Å². The SMILES string of the molecule is O=C1CN(CCO)C(N(CCCC(CCCN(C(=O)O)C2=C(O)C(=O)C(=O)CN2CCO)(CCCN(C(=O)O)C2=C(O)C(=O)C(=O)CN2CCO)N(C(=O)O)c2ccc(N=C=S)cc2)C(=O)O)=C(O)C1=O. The minimum absolute atomic E-state index is 0.108. The molecule has 0 aromatic heterocycles. The van der Waals surface area contributed by atoms with Crippen LogP contribution >= 0.6 is 12.2 Å². The summed E-state index contributed by atoms with van der Waals surface area (Å²) in [5.74, 6) is -13.6. The van der Waals surface area contributed by atoms with Gasteiger partial charge in [0.2, 0.25) is 34.6 Å². The number of isothiocyanates is 1. The molecule has 29 heteroatoms. The molecule has 384 valence electrons. The van der Waals surface area contributed by atoms with Crippen LogP contribution in [-0.4, -0.2) is 229 Å². The van der Waals surface area contributed by atoms with Crippen molar-refractivity contribution in [1.29, 1.82) is 0 Å². The lowest BCUT2D eigenvalue weighted by Crippen LogP contribution is -2.54. The van der Waals surface area contributed by atoms with Crippen molar-refractivity contribution < 1.29 is 99.0 Å². The van der Waals surface area contributed by atoms with Crippen molar-refractivity contribution in [3.8, 4) is 0 Å². The lowest BCUT2D eigenvalue weighted by Gasteiger charge is -2.44. The van der Waals surface area contributed by atoms with Gasteiger partial charge in [-0.25, -0.2) is 19.2 Å². The Labute approximate surface area is 407 Å². The van der Waals surface area contributed by atoms with Crippen LogP contribution in [0, 0.1) is 0 Å². The van der Waals surface area contributed by atoms with E-state index in [1.54, 1.807) is 0 Å². The largest absolute Gasteiger partial charge is 0.502 e. The highest BCUT2D eigenvalue weighted by molar-refractivity contribution is 7.78. The van der Waals surface area contributed by atoms with Crippen LogP contribution in [0.5, 0.6) is 0 Å². The zero-order valence-corrected chi connectivity index (χ0v) is 38.4. The summed E-state index contributed by atoms with van der Waals surface area (Å²) in [6, 6.07) is 5.24. The van der Waals surface area contributed by atoms with E-state index in [2.05, 4.69) is 22.4 Å². The van der Waals surface area contributed by atoms with Crippen LogP contribution in [0.2, 0.25) is 0 Å². The molecule has 0 saturated carbocycles. The molecule has 10 N–H and O–H groups in total. The number of aliphatic hydroxyl groups is 6. The van der Waals surface area contributed by atoms with Crippen molar-refractivity contribution >= 4 is 87.8 Å². The van der Waals surface area contributed by atoms with Gasteiger partial charge in [-0.05, 0) is 75.0 Å². The average molecular weight is 1020 g/mol. The Hall–Kier alpha value is -7.98. The number of thiocarbonyl (C=S) groups is 1. The van der Waals surface area contributed by atoms with Crippen molar-refractivity contribution in [3.63, 3.8) is 0 Å². The van der Waals surface area contributed by atoms with Crippen molar-refractivity contribution in [2.45, 2.75) is 44.1 Å². The summed E-state index contributed by atoms with van der Waals surface area (Å²) in [6.45, 7) is -7.62. The number of aliphatic hydroxyl groups excluding tert-OH is 6. The number of Topliss-reactive ketones (excluding diaryl/α,β-unsaturated/α-hetero) is 6. The molecule has 71 heavy (non-hydrogen) atoms. The summed E-state index contributed by atoms with van der Waals surface area (Å²) in [4.78, 5) is 136. The van der Waals surface area contributed by atoms with E-state index in [0.29, 0.717) is 14.7 Å². The van der Waals surface area contributed by atoms with Crippen LogP contribution in [0.25, 0.3) is 0 Å². The maximum Gasteiger partial charge on any atom is 0.413 e. The molecule has 0 fully saturated rings. The fraction of sp³-hybridized carbons (Fsp3) is 0.452. The van der Waals surface area contributed by atoms with Gasteiger partial charge in [-0.3, -0.25) is 48.4 Å². The minimum atomic E-state index is -1.95. The van der Waals surface area contributed by atoms with Crippen molar-refractivity contribution in [1.82, 2.24) is 29.4 Å². The summed E-state index contributed by atoms with van der Waals surface area (Å²) in [7, 11) is 0. The number of amides is 4. The summed E-state index contributed by atoms with van der Waals surface area (Å²) in [6.07, 6.45) is -9.69. The van der Waals surface area contributed by atoms with E-state index in [1.165, 1.54) is 24.3 Å². The quantitative estimate of drug-likeness (QED) is 0.0382. The van der Waals surface area contributed by atoms with E-state index in [4.69, 9.17) is 0 Å². The minimum Gasteiger partial charge on any atom is -0.502 e. The fourth-order valence-corrected chi connectivity index (χ4v) is 8.63. The predicted octanol–water partition coefficient (Wildman–Crippen LogP) is 0.444. The first-order chi connectivity index (χ1) is 33.6. The number of carbonyl (C=O) groups is 10. The molecule has 28 nitrogen and oxygen atoms in total. The number of carbonyl (C=O) groups excluding carboxylic acids is 6. The zero-order chi connectivity index (χ0) is 52.9. The Balaban J connectivity index is 1.92. The van der Waals surface area contributed by atoms with E-state index in [1.807, 2.05) is 0 Å².